The van der Waals surface area contributed by atoms with Crippen molar-refractivity contribution in [3.8, 4) is 33.6 Å². The summed E-state index contributed by atoms with van der Waals surface area (Å²) in [6.45, 7) is 0. The summed E-state index contributed by atoms with van der Waals surface area (Å²) in [7, 11) is 0. The van der Waals surface area contributed by atoms with E-state index in [1.165, 1.54) is 22.3 Å². The van der Waals surface area contributed by atoms with E-state index in [-0.39, 0.29) is 0 Å². The van der Waals surface area contributed by atoms with E-state index in [0.29, 0.717) is 0 Å². The van der Waals surface area contributed by atoms with Crippen LogP contribution < -0.4 is 0 Å². The van der Waals surface area contributed by atoms with Crippen LogP contribution in [0, 0.1) is 0 Å². The SMILES string of the molecule is Brc1ccc(-c2cc(-c3ccccc3)c(-c3ccccc3)[nH]2)cc1. The van der Waals surface area contributed by atoms with Gasteiger partial charge >= 0.3 is 0 Å². The van der Waals surface area contributed by atoms with Gasteiger partial charge in [-0.15, -0.1) is 0 Å². The number of nitrogens with one attached hydrogen (secondary N) is 1. The zero-order valence-corrected chi connectivity index (χ0v) is 14.6. The second kappa shape index (κ2) is 6.50. The Kier molecular flexibility index (Phi) is 4.06. The number of benzene rings is 3. The molecule has 0 saturated carbocycles. The van der Waals surface area contributed by atoms with Crippen LogP contribution >= 0.6 is 15.9 Å². The number of hydrogen-bond acceptors (Lipinski definition) is 0. The molecule has 0 amide bonds. The van der Waals surface area contributed by atoms with E-state index < -0.39 is 0 Å². The molecular weight excluding hydrogens is 358 g/mol. The summed E-state index contributed by atoms with van der Waals surface area (Å²) in [4.78, 5) is 3.62. The van der Waals surface area contributed by atoms with Gasteiger partial charge in [-0.25, -0.2) is 0 Å². The van der Waals surface area contributed by atoms with Gasteiger partial charge in [0.15, 0.2) is 0 Å². The van der Waals surface area contributed by atoms with Gasteiger partial charge in [-0.2, -0.15) is 0 Å². The Morgan fingerprint density at radius 1 is 0.583 bits per heavy atom. The monoisotopic (exact) mass is 373 g/mol. The number of rotatable bonds is 3. The van der Waals surface area contributed by atoms with E-state index >= 15 is 0 Å². The third-order valence-electron chi connectivity index (χ3n) is 4.12. The Hall–Kier alpha value is -2.58. The van der Waals surface area contributed by atoms with Gasteiger partial charge in [0.25, 0.3) is 0 Å². The standard InChI is InChI=1S/C22H16BrN/c23-19-13-11-17(12-14-19)21-15-20(16-7-3-1-4-8-16)22(24-21)18-9-5-2-6-10-18/h1-15,24H. The van der Waals surface area contributed by atoms with E-state index in [1.54, 1.807) is 0 Å². The third-order valence-corrected chi connectivity index (χ3v) is 4.65. The number of hydrogen-bond donors (Lipinski definition) is 1. The van der Waals surface area contributed by atoms with Gasteiger partial charge in [0.05, 0.1) is 5.69 Å². The summed E-state index contributed by atoms with van der Waals surface area (Å²) in [6.07, 6.45) is 0. The van der Waals surface area contributed by atoms with Crippen molar-refractivity contribution in [3.05, 3.63) is 95.5 Å². The molecule has 4 rings (SSSR count). The van der Waals surface area contributed by atoms with E-state index in [4.69, 9.17) is 0 Å². The van der Waals surface area contributed by atoms with Gasteiger partial charge in [0, 0.05) is 15.7 Å². The molecule has 116 valence electrons. The first-order valence-electron chi connectivity index (χ1n) is 7.91. The molecule has 24 heavy (non-hydrogen) atoms. The highest BCUT2D eigenvalue weighted by molar-refractivity contribution is 9.10. The molecule has 0 aliphatic rings. The molecule has 4 aromatic rings. The molecule has 0 unspecified atom stereocenters. The van der Waals surface area contributed by atoms with E-state index in [9.17, 15) is 0 Å². The Morgan fingerprint density at radius 3 is 1.79 bits per heavy atom. The quantitative estimate of drug-likeness (QED) is 0.407. The highest BCUT2D eigenvalue weighted by atomic mass is 79.9. The maximum atomic E-state index is 3.62. The lowest BCUT2D eigenvalue weighted by atomic mass is 10.0. The average molecular weight is 374 g/mol. The summed E-state index contributed by atoms with van der Waals surface area (Å²) in [5, 5.41) is 0. The van der Waals surface area contributed by atoms with E-state index in [0.717, 1.165) is 15.9 Å². The van der Waals surface area contributed by atoms with Gasteiger partial charge in [0.1, 0.15) is 0 Å². The van der Waals surface area contributed by atoms with Crippen LogP contribution in [-0.2, 0) is 0 Å². The molecule has 0 atom stereocenters. The average Bonchev–Trinajstić information content (AvgIpc) is 3.09. The van der Waals surface area contributed by atoms with Crippen LogP contribution in [0.5, 0.6) is 0 Å². The van der Waals surface area contributed by atoms with Gasteiger partial charge in [-0.05, 0) is 34.9 Å². The first-order chi connectivity index (χ1) is 11.8. The predicted molar refractivity (Wildman–Crippen MR) is 105 cm³/mol. The minimum Gasteiger partial charge on any atom is -0.354 e. The lowest BCUT2D eigenvalue weighted by molar-refractivity contribution is 1.39. The lowest BCUT2D eigenvalue weighted by Gasteiger charge is -2.04. The summed E-state index contributed by atoms with van der Waals surface area (Å²) < 4.78 is 1.09. The van der Waals surface area contributed by atoms with Crippen LogP contribution in [0.3, 0.4) is 0 Å². The molecule has 0 aliphatic carbocycles. The van der Waals surface area contributed by atoms with Gasteiger partial charge in [-0.1, -0.05) is 88.7 Å². The number of halogens is 1. The number of aromatic nitrogens is 1. The van der Waals surface area contributed by atoms with Crippen molar-refractivity contribution >= 4 is 15.9 Å². The van der Waals surface area contributed by atoms with Crippen LogP contribution in [0.4, 0.5) is 0 Å². The molecule has 1 N–H and O–H groups in total. The van der Waals surface area contributed by atoms with E-state index in [1.807, 2.05) is 12.1 Å². The molecule has 0 spiro atoms. The fourth-order valence-corrected chi connectivity index (χ4v) is 3.18. The minimum absolute atomic E-state index is 1.09. The van der Waals surface area contributed by atoms with Crippen LogP contribution in [-0.4, -0.2) is 4.98 Å². The highest BCUT2D eigenvalue weighted by Gasteiger charge is 2.12. The normalized spacial score (nSPS) is 10.7. The molecule has 0 radical (unpaired) electrons. The maximum absolute atomic E-state index is 3.62. The second-order valence-corrected chi connectivity index (χ2v) is 6.63. The fourth-order valence-electron chi connectivity index (χ4n) is 2.92. The Balaban J connectivity index is 1.89. The Bertz CT molecular complexity index is 881. The van der Waals surface area contributed by atoms with Gasteiger partial charge < -0.3 is 4.98 Å². The molecule has 3 aromatic carbocycles. The summed E-state index contributed by atoms with van der Waals surface area (Å²) in [5.41, 5.74) is 7.09. The summed E-state index contributed by atoms with van der Waals surface area (Å²) >= 11 is 3.50. The van der Waals surface area contributed by atoms with Crippen molar-refractivity contribution in [1.82, 2.24) is 4.98 Å². The summed E-state index contributed by atoms with van der Waals surface area (Å²) in [5.74, 6) is 0. The molecule has 1 aromatic heterocycles. The predicted octanol–water partition coefficient (Wildman–Crippen LogP) is 6.78. The molecular formula is C22H16BrN. The van der Waals surface area contributed by atoms with Crippen LogP contribution in [0.15, 0.2) is 95.5 Å². The van der Waals surface area contributed by atoms with Gasteiger partial charge in [-0.3, -0.25) is 0 Å². The van der Waals surface area contributed by atoms with Crippen LogP contribution in [0.25, 0.3) is 33.6 Å². The smallest absolute Gasteiger partial charge is 0.0538 e. The van der Waals surface area contributed by atoms with Crippen molar-refractivity contribution in [2.45, 2.75) is 0 Å². The zero-order chi connectivity index (χ0) is 16.4. The van der Waals surface area contributed by atoms with Crippen molar-refractivity contribution in [3.63, 3.8) is 0 Å². The largest absolute Gasteiger partial charge is 0.354 e. The Morgan fingerprint density at radius 2 is 1.17 bits per heavy atom. The second-order valence-electron chi connectivity index (χ2n) is 5.71. The molecule has 0 bridgehead atoms. The molecule has 1 nitrogen and oxygen atoms in total. The molecule has 0 saturated heterocycles. The first kappa shape index (κ1) is 15.0. The highest BCUT2D eigenvalue weighted by Crippen LogP contribution is 2.35. The van der Waals surface area contributed by atoms with Crippen molar-refractivity contribution in [1.29, 1.82) is 0 Å². The number of H-pyrrole nitrogens is 1. The zero-order valence-electron chi connectivity index (χ0n) is 13.0. The maximum Gasteiger partial charge on any atom is 0.0538 e. The molecule has 0 aliphatic heterocycles. The summed E-state index contributed by atoms with van der Waals surface area (Å²) in [6, 6.07) is 31.6. The third kappa shape index (κ3) is 2.93. The van der Waals surface area contributed by atoms with Crippen molar-refractivity contribution in [2.24, 2.45) is 0 Å². The van der Waals surface area contributed by atoms with E-state index in [2.05, 4.69) is 99.8 Å². The lowest BCUT2D eigenvalue weighted by Crippen LogP contribution is -1.82. The van der Waals surface area contributed by atoms with Crippen LogP contribution in [0.1, 0.15) is 0 Å². The molecule has 0 fully saturated rings. The fraction of sp³-hybridized carbons (Fsp3) is 0. The first-order valence-corrected chi connectivity index (χ1v) is 8.70. The minimum atomic E-state index is 1.09. The number of aromatic amines is 1. The molecule has 1 heterocycles. The topological polar surface area (TPSA) is 15.8 Å². The van der Waals surface area contributed by atoms with Crippen molar-refractivity contribution in [2.75, 3.05) is 0 Å². The van der Waals surface area contributed by atoms with Crippen molar-refractivity contribution < 1.29 is 0 Å². The van der Waals surface area contributed by atoms with Gasteiger partial charge in [0.2, 0.25) is 0 Å². The van der Waals surface area contributed by atoms with Crippen LogP contribution in [0.2, 0.25) is 0 Å². The molecule has 2 heteroatoms. The Labute approximate surface area is 150 Å².